The molecule has 0 aliphatic rings. The average Bonchev–Trinajstić information content (AvgIpc) is 3.31. The zero-order valence-electron chi connectivity index (χ0n) is 15.9. The average molecular weight is 450 g/mol. The molecule has 1 aromatic carbocycles. The second kappa shape index (κ2) is 8.95. The quantitative estimate of drug-likeness (QED) is 0.515. The number of rotatable bonds is 8. The first-order chi connectivity index (χ1) is 13.0. The van der Waals surface area contributed by atoms with Gasteiger partial charge in [0.05, 0.1) is 10.2 Å². The fourth-order valence-electron chi connectivity index (χ4n) is 2.86. The van der Waals surface area contributed by atoms with E-state index in [-0.39, 0.29) is 5.91 Å². The molecule has 6 nitrogen and oxygen atoms in total. The third-order valence-corrected chi connectivity index (χ3v) is 6.07. The van der Waals surface area contributed by atoms with Gasteiger partial charge < -0.3 is 4.90 Å². The highest BCUT2D eigenvalue weighted by atomic mass is 79.9. The number of aryl methyl sites for hydroxylation is 1. The van der Waals surface area contributed by atoms with Crippen LogP contribution in [0.5, 0.6) is 0 Å². The van der Waals surface area contributed by atoms with Crippen LogP contribution in [0.25, 0.3) is 10.2 Å². The maximum absolute atomic E-state index is 13.2. The van der Waals surface area contributed by atoms with Crippen LogP contribution >= 0.6 is 27.3 Å². The molecule has 0 saturated heterocycles. The molecule has 0 aliphatic heterocycles. The second-order valence-corrected chi connectivity index (χ2v) is 8.07. The van der Waals surface area contributed by atoms with Gasteiger partial charge in [0, 0.05) is 30.3 Å². The molecule has 0 atom stereocenters. The van der Waals surface area contributed by atoms with Crippen LogP contribution in [0.4, 0.5) is 5.13 Å². The van der Waals surface area contributed by atoms with Gasteiger partial charge in [0.15, 0.2) is 10.8 Å². The Morgan fingerprint density at radius 2 is 1.96 bits per heavy atom. The summed E-state index contributed by atoms with van der Waals surface area (Å²) in [5.74, 6) is -0.104. The van der Waals surface area contributed by atoms with Crippen molar-refractivity contribution in [1.29, 1.82) is 0 Å². The predicted octanol–water partition coefficient (Wildman–Crippen LogP) is 4.26. The summed E-state index contributed by atoms with van der Waals surface area (Å²) in [6, 6.07) is 7.75. The van der Waals surface area contributed by atoms with E-state index in [2.05, 4.69) is 39.8 Å². The van der Waals surface area contributed by atoms with E-state index in [9.17, 15) is 4.79 Å². The van der Waals surface area contributed by atoms with Gasteiger partial charge in [0.1, 0.15) is 0 Å². The highest BCUT2D eigenvalue weighted by molar-refractivity contribution is 9.10. The Morgan fingerprint density at radius 1 is 1.19 bits per heavy atom. The number of carbonyl (C=O) groups excluding carboxylic acids is 1. The molecule has 0 fully saturated rings. The number of hydrogen-bond donors (Lipinski definition) is 0. The molecule has 0 N–H and O–H groups in total. The number of benzene rings is 1. The first-order valence-corrected chi connectivity index (χ1v) is 10.8. The SMILES string of the molecule is CCN(CC)CCN(C(=O)c1ccn(CC)n1)c1nc2ccc(Br)cc2s1. The molecule has 3 rings (SSSR count). The van der Waals surface area contributed by atoms with Crippen molar-refractivity contribution in [3.05, 3.63) is 40.6 Å². The molecule has 1 amide bonds. The fourth-order valence-corrected chi connectivity index (χ4v) is 4.40. The number of aromatic nitrogens is 3. The summed E-state index contributed by atoms with van der Waals surface area (Å²) in [7, 11) is 0. The Bertz CT molecular complexity index is 918. The Hall–Kier alpha value is -1.77. The first kappa shape index (κ1) is 20.0. The minimum absolute atomic E-state index is 0.104. The predicted molar refractivity (Wildman–Crippen MR) is 115 cm³/mol. The molecule has 3 aromatic rings. The van der Waals surface area contributed by atoms with E-state index in [1.165, 1.54) is 11.3 Å². The minimum atomic E-state index is -0.104. The van der Waals surface area contributed by atoms with Crippen LogP contribution in [0.3, 0.4) is 0 Å². The second-order valence-electron chi connectivity index (χ2n) is 6.15. The van der Waals surface area contributed by atoms with Crippen molar-refractivity contribution in [3.63, 3.8) is 0 Å². The number of fused-ring (bicyclic) bond motifs is 1. The fraction of sp³-hybridized carbons (Fsp3) is 0.421. The lowest BCUT2D eigenvalue weighted by Gasteiger charge is -2.24. The van der Waals surface area contributed by atoms with Crippen molar-refractivity contribution in [1.82, 2.24) is 19.7 Å². The van der Waals surface area contributed by atoms with Crippen LogP contribution in [0.1, 0.15) is 31.3 Å². The van der Waals surface area contributed by atoms with Gasteiger partial charge in [0.2, 0.25) is 0 Å². The van der Waals surface area contributed by atoms with Gasteiger partial charge in [-0.05, 0) is 44.3 Å². The number of anilines is 1. The summed E-state index contributed by atoms with van der Waals surface area (Å²) in [5.41, 5.74) is 1.36. The molecule has 0 saturated carbocycles. The van der Waals surface area contributed by atoms with Crippen LogP contribution in [0.15, 0.2) is 34.9 Å². The Morgan fingerprint density at radius 3 is 2.63 bits per heavy atom. The number of thiazole rings is 1. The molecular formula is C19H24BrN5OS. The van der Waals surface area contributed by atoms with Gasteiger partial charge >= 0.3 is 0 Å². The van der Waals surface area contributed by atoms with E-state index < -0.39 is 0 Å². The molecule has 27 heavy (non-hydrogen) atoms. The monoisotopic (exact) mass is 449 g/mol. The molecule has 0 spiro atoms. The molecule has 8 heteroatoms. The molecule has 0 unspecified atom stereocenters. The van der Waals surface area contributed by atoms with Crippen molar-refractivity contribution >= 4 is 48.5 Å². The lowest BCUT2D eigenvalue weighted by atomic mass is 10.3. The highest BCUT2D eigenvalue weighted by Crippen LogP contribution is 2.31. The maximum Gasteiger partial charge on any atom is 0.280 e. The van der Waals surface area contributed by atoms with Gasteiger partial charge in [0.25, 0.3) is 5.91 Å². The van der Waals surface area contributed by atoms with Crippen molar-refractivity contribution in [2.24, 2.45) is 0 Å². The summed E-state index contributed by atoms with van der Waals surface area (Å²) < 4.78 is 3.83. The van der Waals surface area contributed by atoms with Crippen LogP contribution in [-0.2, 0) is 6.54 Å². The van der Waals surface area contributed by atoms with Crippen molar-refractivity contribution in [3.8, 4) is 0 Å². The van der Waals surface area contributed by atoms with E-state index in [1.54, 1.807) is 15.6 Å². The first-order valence-electron chi connectivity index (χ1n) is 9.19. The minimum Gasteiger partial charge on any atom is -0.302 e. The number of carbonyl (C=O) groups is 1. The van der Waals surface area contributed by atoms with Gasteiger partial charge in [-0.2, -0.15) is 5.10 Å². The molecule has 2 aromatic heterocycles. The van der Waals surface area contributed by atoms with Crippen molar-refractivity contribution in [2.45, 2.75) is 27.3 Å². The summed E-state index contributed by atoms with van der Waals surface area (Å²) in [6.07, 6.45) is 1.84. The smallest absolute Gasteiger partial charge is 0.280 e. The van der Waals surface area contributed by atoms with Gasteiger partial charge in [-0.15, -0.1) is 0 Å². The zero-order valence-corrected chi connectivity index (χ0v) is 18.3. The highest BCUT2D eigenvalue weighted by Gasteiger charge is 2.23. The molecule has 144 valence electrons. The third kappa shape index (κ3) is 4.56. The number of likely N-dealkylation sites (N-methyl/N-ethyl adjacent to an activating group) is 1. The lowest BCUT2D eigenvalue weighted by Crippen LogP contribution is -2.39. The van der Waals surface area contributed by atoms with Crippen LogP contribution in [0, 0.1) is 0 Å². The maximum atomic E-state index is 13.2. The van der Waals surface area contributed by atoms with Gasteiger partial charge in [-0.25, -0.2) is 4.98 Å². The molecule has 0 bridgehead atoms. The topological polar surface area (TPSA) is 54.3 Å². The van der Waals surface area contributed by atoms with E-state index in [0.29, 0.717) is 17.4 Å². The standard InChI is InChI=1S/C19H24BrN5OS/c1-4-23(5-2)11-12-25(18(26)16-9-10-24(6-3)22-16)19-21-15-8-7-14(20)13-17(15)27-19/h7-10,13H,4-6,11-12H2,1-3H3. The summed E-state index contributed by atoms with van der Waals surface area (Å²) in [6.45, 7) is 10.3. The van der Waals surface area contributed by atoms with Crippen molar-refractivity contribution < 1.29 is 4.79 Å². The number of halogens is 1. The molecule has 0 aliphatic carbocycles. The third-order valence-electron chi connectivity index (χ3n) is 4.53. The molecule has 0 radical (unpaired) electrons. The van der Waals surface area contributed by atoms with Crippen molar-refractivity contribution in [2.75, 3.05) is 31.1 Å². The molecule has 2 heterocycles. The summed E-state index contributed by atoms with van der Waals surface area (Å²) >= 11 is 5.04. The number of nitrogens with zero attached hydrogens (tertiary/aromatic N) is 5. The summed E-state index contributed by atoms with van der Waals surface area (Å²) in [4.78, 5) is 22.0. The summed E-state index contributed by atoms with van der Waals surface area (Å²) in [5, 5.41) is 5.11. The van der Waals surface area contributed by atoms with Crippen LogP contribution in [-0.4, -0.2) is 51.8 Å². The van der Waals surface area contributed by atoms with Crippen LogP contribution in [0.2, 0.25) is 0 Å². The van der Waals surface area contributed by atoms with Gasteiger partial charge in [-0.3, -0.25) is 14.4 Å². The normalized spacial score (nSPS) is 11.4. The van der Waals surface area contributed by atoms with E-state index >= 15 is 0 Å². The van der Waals surface area contributed by atoms with E-state index in [4.69, 9.17) is 4.98 Å². The van der Waals surface area contributed by atoms with Crippen LogP contribution < -0.4 is 4.90 Å². The largest absolute Gasteiger partial charge is 0.302 e. The Labute approximate surface area is 171 Å². The number of hydrogen-bond acceptors (Lipinski definition) is 5. The molecular weight excluding hydrogens is 426 g/mol. The zero-order chi connectivity index (χ0) is 19.4. The number of amides is 1. The van der Waals surface area contributed by atoms with Gasteiger partial charge in [-0.1, -0.05) is 41.1 Å². The Kier molecular flexibility index (Phi) is 6.62. The Balaban J connectivity index is 1.93. The lowest BCUT2D eigenvalue weighted by molar-refractivity contribution is 0.0978. The van der Waals surface area contributed by atoms with E-state index in [1.807, 2.05) is 31.3 Å². The van der Waals surface area contributed by atoms with E-state index in [0.717, 1.165) is 40.9 Å².